The summed E-state index contributed by atoms with van der Waals surface area (Å²) in [5.41, 5.74) is 5.37. The Balaban J connectivity index is 1.86. The van der Waals surface area contributed by atoms with Crippen molar-refractivity contribution in [1.29, 1.82) is 0 Å². The van der Waals surface area contributed by atoms with Gasteiger partial charge in [-0.25, -0.2) is 12.7 Å². The molecule has 2 aliphatic rings. The average molecular weight is 260 g/mol. The number of hydrogen-bond donors (Lipinski definition) is 1. The molecule has 0 aromatic carbocycles. The fraction of sp³-hybridized carbons (Fsp3) is 1.00. The molecule has 2 aliphatic carbocycles. The van der Waals surface area contributed by atoms with E-state index in [0.717, 1.165) is 11.8 Å². The minimum atomic E-state index is -3.07. The van der Waals surface area contributed by atoms with Crippen LogP contribution < -0.4 is 5.73 Å². The molecule has 3 unspecified atom stereocenters. The van der Waals surface area contributed by atoms with Crippen LogP contribution >= 0.6 is 0 Å². The molecule has 0 amide bonds. The molecule has 3 atom stereocenters. The maximum absolute atomic E-state index is 12.0. The fourth-order valence-corrected chi connectivity index (χ4v) is 4.73. The predicted octanol–water partition coefficient (Wildman–Crippen LogP) is 1.03. The van der Waals surface area contributed by atoms with Gasteiger partial charge in [-0.3, -0.25) is 0 Å². The fourth-order valence-electron chi connectivity index (χ4n) is 3.47. The van der Waals surface area contributed by atoms with E-state index in [2.05, 4.69) is 0 Å². The molecular formula is C12H24N2O2S. The third-order valence-electron chi connectivity index (χ3n) is 4.46. The Labute approximate surface area is 105 Å². The van der Waals surface area contributed by atoms with E-state index in [1.165, 1.54) is 25.7 Å². The first-order valence-corrected chi connectivity index (χ1v) is 8.28. The summed E-state index contributed by atoms with van der Waals surface area (Å²) in [5, 5.41) is 0. The second kappa shape index (κ2) is 5.24. The smallest absolute Gasteiger partial charge is 0.213 e. The van der Waals surface area contributed by atoms with Crippen molar-refractivity contribution < 1.29 is 8.42 Å². The van der Waals surface area contributed by atoms with Crippen LogP contribution in [-0.4, -0.2) is 38.6 Å². The van der Waals surface area contributed by atoms with Crippen molar-refractivity contribution in [3.8, 4) is 0 Å². The zero-order valence-corrected chi connectivity index (χ0v) is 11.5. The SMILES string of the molecule is CN(CC1CC2CCC1C2)S(=O)(=O)CCCN. The molecule has 0 aromatic rings. The summed E-state index contributed by atoms with van der Waals surface area (Å²) in [7, 11) is -1.35. The van der Waals surface area contributed by atoms with E-state index in [9.17, 15) is 8.42 Å². The monoisotopic (exact) mass is 260 g/mol. The van der Waals surface area contributed by atoms with Crippen molar-refractivity contribution in [2.24, 2.45) is 23.5 Å². The molecule has 4 nitrogen and oxygen atoms in total. The number of fused-ring (bicyclic) bond motifs is 2. The predicted molar refractivity (Wildman–Crippen MR) is 69.0 cm³/mol. The highest BCUT2D eigenvalue weighted by molar-refractivity contribution is 7.89. The summed E-state index contributed by atoms with van der Waals surface area (Å²) >= 11 is 0. The van der Waals surface area contributed by atoms with E-state index in [-0.39, 0.29) is 5.75 Å². The molecule has 0 aromatic heterocycles. The van der Waals surface area contributed by atoms with Gasteiger partial charge in [-0.2, -0.15) is 0 Å². The van der Waals surface area contributed by atoms with Gasteiger partial charge in [0.1, 0.15) is 0 Å². The van der Waals surface area contributed by atoms with Crippen molar-refractivity contribution >= 4 is 10.0 Å². The highest BCUT2D eigenvalue weighted by Gasteiger charge is 2.40. The molecule has 0 heterocycles. The highest BCUT2D eigenvalue weighted by Crippen LogP contribution is 2.48. The second-order valence-corrected chi connectivity index (χ2v) is 7.87. The summed E-state index contributed by atoms with van der Waals surface area (Å²) in [4.78, 5) is 0. The van der Waals surface area contributed by atoms with Crippen LogP contribution in [0.25, 0.3) is 0 Å². The molecular weight excluding hydrogens is 236 g/mol. The lowest BCUT2D eigenvalue weighted by atomic mass is 9.89. The first kappa shape index (κ1) is 13.3. The standard InChI is InChI=1S/C12H24N2O2S/c1-14(17(15,16)6-2-5-13)9-12-8-10-3-4-11(12)7-10/h10-12H,2-9,13H2,1H3. The van der Waals surface area contributed by atoms with Crippen LogP contribution in [0.15, 0.2) is 0 Å². The molecule has 17 heavy (non-hydrogen) atoms. The van der Waals surface area contributed by atoms with Gasteiger partial charge < -0.3 is 5.73 Å². The molecule has 0 aliphatic heterocycles. The van der Waals surface area contributed by atoms with Crippen LogP contribution in [-0.2, 0) is 10.0 Å². The third kappa shape index (κ3) is 3.01. The molecule has 2 N–H and O–H groups in total. The van der Waals surface area contributed by atoms with E-state index < -0.39 is 10.0 Å². The van der Waals surface area contributed by atoms with Gasteiger partial charge in [0.15, 0.2) is 0 Å². The van der Waals surface area contributed by atoms with Gasteiger partial charge in [0.25, 0.3) is 0 Å². The topological polar surface area (TPSA) is 63.4 Å². The van der Waals surface area contributed by atoms with Crippen LogP contribution in [0.2, 0.25) is 0 Å². The van der Waals surface area contributed by atoms with E-state index in [4.69, 9.17) is 5.73 Å². The Bertz CT molecular complexity index is 356. The average Bonchev–Trinajstić information content (AvgIpc) is 2.88. The van der Waals surface area contributed by atoms with Gasteiger partial charge in [0.05, 0.1) is 5.75 Å². The number of sulfonamides is 1. The number of hydrogen-bond acceptors (Lipinski definition) is 3. The Morgan fingerprint density at radius 1 is 1.29 bits per heavy atom. The summed E-state index contributed by atoms with van der Waals surface area (Å²) < 4.78 is 25.5. The molecule has 0 saturated heterocycles. The Hall–Kier alpha value is -0.130. The van der Waals surface area contributed by atoms with Crippen LogP contribution in [0.4, 0.5) is 0 Å². The maximum Gasteiger partial charge on any atom is 0.213 e. The minimum Gasteiger partial charge on any atom is -0.330 e. The quantitative estimate of drug-likeness (QED) is 0.776. The van der Waals surface area contributed by atoms with Crippen molar-refractivity contribution in [2.75, 3.05) is 25.9 Å². The second-order valence-electron chi connectivity index (χ2n) is 5.67. The summed E-state index contributed by atoms with van der Waals surface area (Å²) in [5.74, 6) is 2.46. The van der Waals surface area contributed by atoms with Gasteiger partial charge >= 0.3 is 0 Å². The Morgan fingerprint density at radius 3 is 2.59 bits per heavy atom. The van der Waals surface area contributed by atoms with Gasteiger partial charge in [0, 0.05) is 13.6 Å². The first-order valence-electron chi connectivity index (χ1n) is 6.67. The van der Waals surface area contributed by atoms with Gasteiger partial charge in [-0.1, -0.05) is 6.42 Å². The van der Waals surface area contributed by atoms with E-state index in [0.29, 0.717) is 25.4 Å². The zero-order chi connectivity index (χ0) is 12.5. The van der Waals surface area contributed by atoms with Crippen LogP contribution in [0.5, 0.6) is 0 Å². The van der Waals surface area contributed by atoms with Gasteiger partial charge in [-0.15, -0.1) is 0 Å². The van der Waals surface area contributed by atoms with Crippen LogP contribution in [0, 0.1) is 17.8 Å². The number of rotatable bonds is 6. The molecule has 0 radical (unpaired) electrons. The van der Waals surface area contributed by atoms with E-state index in [1.807, 2.05) is 0 Å². The number of nitrogens with zero attached hydrogens (tertiary/aromatic N) is 1. The van der Waals surface area contributed by atoms with Crippen molar-refractivity contribution in [2.45, 2.75) is 32.1 Å². The largest absolute Gasteiger partial charge is 0.330 e. The lowest BCUT2D eigenvalue weighted by Crippen LogP contribution is -2.35. The number of nitrogens with two attached hydrogens (primary N) is 1. The summed E-state index contributed by atoms with van der Waals surface area (Å²) in [6, 6.07) is 0. The van der Waals surface area contributed by atoms with Gasteiger partial charge in [0.2, 0.25) is 10.0 Å². The zero-order valence-electron chi connectivity index (χ0n) is 10.6. The Morgan fingerprint density at radius 2 is 2.06 bits per heavy atom. The van der Waals surface area contributed by atoms with E-state index >= 15 is 0 Å². The summed E-state index contributed by atoms with van der Waals surface area (Å²) in [6.07, 6.45) is 5.81. The molecule has 0 spiro atoms. The van der Waals surface area contributed by atoms with E-state index in [1.54, 1.807) is 11.4 Å². The van der Waals surface area contributed by atoms with Crippen molar-refractivity contribution in [3.05, 3.63) is 0 Å². The molecule has 2 fully saturated rings. The van der Waals surface area contributed by atoms with Crippen molar-refractivity contribution in [3.63, 3.8) is 0 Å². The molecule has 2 rings (SSSR count). The Kier molecular flexibility index (Phi) is 4.10. The van der Waals surface area contributed by atoms with Crippen LogP contribution in [0.3, 0.4) is 0 Å². The molecule has 5 heteroatoms. The molecule has 100 valence electrons. The van der Waals surface area contributed by atoms with Crippen LogP contribution in [0.1, 0.15) is 32.1 Å². The summed E-state index contributed by atoms with van der Waals surface area (Å²) in [6.45, 7) is 1.16. The van der Waals surface area contributed by atoms with Gasteiger partial charge in [-0.05, 0) is 50.0 Å². The highest BCUT2D eigenvalue weighted by atomic mass is 32.2. The molecule has 2 saturated carbocycles. The van der Waals surface area contributed by atoms with Crippen molar-refractivity contribution in [1.82, 2.24) is 4.31 Å². The minimum absolute atomic E-state index is 0.195. The molecule has 2 bridgehead atoms. The maximum atomic E-state index is 12.0. The third-order valence-corrected chi connectivity index (χ3v) is 6.36. The lowest BCUT2D eigenvalue weighted by molar-refractivity contribution is 0.280. The first-order chi connectivity index (χ1) is 8.03. The lowest BCUT2D eigenvalue weighted by Gasteiger charge is -2.26. The normalized spacial score (nSPS) is 32.5.